The van der Waals surface area contributed by atoms with Gasteiger partial charge in [0.1, 0.15) is 6.61 Å². The lowest BCUT2D eigenvalue weighted by Crippen LogP contribution is -2.16. The molecule has 0 aliphatic rings. The average Bonchev–Trinajstić information content (AvgIpc) is 3.37. The van der Waals surface area contributed by atoms with Crippen molar-refractivity contribution < 1.29 is 9.47 Å². The summed E-state index contributed by atoms with van der Waals surface area (Å²) in [4.78, 5) is 0. The second kappa shape index (κ2) is 13.4. The number of ether oxygens (including phenoxy) is 2. The molecule has 0 bridgehead atoms. The summed E-state index contributed by atoms with van der Waals surface area (Å²) >= 11 is 5.36. The fourth-order valence-electron chi connectivity index (χ4n) is 3.52. The molecule has 7 nitrogen and oxygen atoms in total. The van der Waals surface area contributed by atoms with Crippen molar-refractivity contribution in [3.05, 3.63) is 87.9 Å². The van der Waals surface area contributed by atoms with Crippen molar-refractivity contribution in [2.45, 2.75) is 38.6 Å². The Kier molecular flexibility index (Phi) is 9.77. The molecule has 0 radical (unpaired) electrons. The van der Waals surface area contributed by atoms with Crippen LogP contribution in [0.5, 0.6) is 11.5 Å². The molecule has 0 unspecified atom stereocenters. The van der Waals surface area contributed by atoms with E-state index in [0.29, 0.717) is 13.2 Å². The summed E-state index contributed by atoms with van der Waals surface area (Å²) in [6.45, 7) is 6.74. The molecule has 0 atom stereocenters. The summed E-state index contributed by atoms with van der Waals surface area (Å²) in [7, 11) is 0. The van der Waals surface area contributed by atoms with Crippen LogP contribution in [-0.2, 0) is 13.2 Å². The molecule has 36 heavy (non-hydrogen) atoms. The van der Waals surface area contributed by atoms with E-state index in [1.54, 1.807) is 16.4 Å². The first-order valence-corrected chi connectivity index (χ1v) is 13.7. The van der Waals surface area contributed by atoms with E-state index in [1.807, 2.05) is 49.4 Å². The van der Waals surface area contributed by atoms with Crippen LogP contribution >= 0.6 is 27.7 Å². The van der Waals surface area contributed by atoms with Crippen molar-refractivity contribution in [1.82, 2.24) is 25.5 Å². The Balaban J connectivity index is 1.26. The van der Waals surface area contributed by atoms with Crippen LogP contribution in [0.1, 0.15) is 30.0 Å². The van der Waals surface area contributed by atoms with Crippen LogP contribution in [0, 0.1) is 6.92 Å². The number of tetrazole rings is 1. The highest BCUT2D eigenvalue weighted by atomic mass is 79.9. The van der Waals surface area contributed by atoms with Crippen LogP contribution in [0.25, 0.3) is 5.69 Å². The Labute approximate surface area is 224 Å². The minimum absolute atomic E-state index is 0.496. The van der Waals surface area contributed by atoms with Crippen molar-refractivity contribution in [3.8, 4) is 17.2 Å². The fourth-order valence-corrected chi connectivity index (χ4v) is 4.82. The van der Waals surface area contributed by atoms with Gasteiger partial charge in [-0.2, -0.15) is 4.68 Å². The van der Waals surface area contributed by atoms with E-state index in [9.17, 15) is 0 Å². The third kappa shape index (κ3) is 7.32. The Hall–Kier alpha value is -2.88. The van der Waals surface area contributed by atoms with E-state index < -0.39 is 0 Å². The molecule has 4 aromatic rings. The molecule has 188 valence electrons. The SMILES string of the molecule is CCOc1cc(CNCCCSc2nnnn2-c2ccccc2)c(Br)cc1OCc1ccc(C)cc1. The van der Waals surface area contributed by atoms with Gasteiger partial charge in [0, 0.05) is 16.8 Å². The molecular formula is C27H30BrN5O2S. The zero-order valence-electron chi connectivity index (χ0n) is 20.5. The molecule has 9 heteroatoms. The number of benzene rings is 3. The maximum absolute atomic E-state index is 6.09. The molecule has 0 saturated heterocycles. The zero-order chi connectivity index (χ0) is 25.2. The first-order chi connectivity index (χ1) is 17.6. The first kappa shape index (κ1) is 26.2. The maximum atomic E-state index is 6.09. The van der Waals surface area contributed by atoms with Gasteiger partial charge in [-0.15, -0.1) is 5.10 Å². The van der Waals surface area contributed by atoms with E-state index in [2.05, 4.69) is 68.0 Å². The van der Waals surface area contributed by atoms with Crippen molar-refractivity contribution in [3.63, 3.8) is 0 Å². The highest BCUT2D eigenvalue weighted by Crippen LogP contribution is 2.34. The lowest BCUT2D eigenvalue weighted by atomic mass is 10.1. The molecule has 0 spiro atoms. The number of aromatic nitrogens is 4. The number of hydrogen-bond acceptors (Lipinski definition) is 7. The second-order valence-corrected chi connectivity index (χ2v) is 10.1. The Morgan fingerprint density at radius 2 is 1.78 bits per heavy atom. The van der Waals surface area contributed by atoms with Crippen LogP contribution in [-0.4, -0.2) is 39.1 Å². The van der Waals surface area contributed by atoms with Gasteiger partial charge >= 0.3 is 0 Å². The van der Waals surface area contributed by atoms with Gasteiger partial charge in [0.05, 0.1) is 12.3 Å². The average molecular weight is 569 g/mol. The van der Waals surface area contributed by atoms with Crippen LogP contribution < -0.4 is 14.8 Å². The monoisotopic (exact) mass is 567 g/mol. The van der Waals surface area contributed by atoms with Crippen LogP contribution in [0.2, 0.25) is 0 Å². The van der Waals surface area contributed by atoms with Gasteiger partial charge in [0.25, 0.3) is 0 Å². The Bertz CT molecular complexity index is 1230. The van der Waals surface area contributed by atoms with E-state index in [-0.39, 0.29) is 0 Å². The Morgan fingerprint density at radius 3 is 2.56 bits per heavy atom. The third-order valence-corrected chi connectivity index (χ3v) is 7.16. The number of aryl methyl sites for hydroxylation is 1. The number of nitrogens with zero attached hydrogens (tertiary/aromatic N) is 4. The molecule has 0 saturated carbocycles. The summed E-state index contributed by atoms with van der Waals surface area (Å²) < 4.78 is 14.7. The van der Waals surface area contributed by atoms with Gasteiger partial charge in [-0.05, 0) is 72.6 Å². The lowest BCUT2D eigenvalue weighted by molar-refractivity contribution is 0.269. The van der Waals surface area contributed by atoms with Crippen molar-refractivity contribution >= 4 is 27.7 Å². The van der Waals surface area contributed by atoms with E-state index in [4.69, 9.17) is 9.47 Å². The number of nitrogens with one attached hydrogen (secondary N) is 1. The van der Waals surface area contributed by atoms with Crippen LogP contribution in [0.15, 0.2) is 76.4 Å². The minimum atomic E-state index is 0.496. The minimum Gasteiger partial charge on any atom is -0.490 e. The smallest absolute Gasteiger partial charge is 0.214 e. The van der Waals surface area contributed by atoms with E-state index in [0.717, 1.165) is 63.2 Å². The predicted molar refractivity (Wildman–Crippen MR) is 147 cm³/mol. The first-order valence-electron chi connectivity index (χ1n) is 11.9. The van der Waals surface area contributed by atoms with Gasteiger partial charge in [0.2, 0.25) is 5.16 Å². The molecule has 0 fully saturated rings. The van der Waals surface area contributed by atoms with Crippen molar-refractivity contribution in [1.29, 1.82) is 0 Å². The number of thioether (sulfide) groups is 1. The number of para-hydroxylation sites is 1. The van der Waals surface area contributed by atoms with Crippen LogP contribution in [0.3, 0.4) is 0 Å². The van der Waals surface area contributed by atoms with Crippen molar-refractivity contribution in [2.24, 2.45) is 0 Å². The molecule has 1 N–H and O–H groups in total. The van der Waals surface area contributed by atoms with Gasteiger partial charge in [-0.25, -0.2) is 0 Å². The van der Waals surface area contributed by atoms with Gasteiger partial charge in [-0.1, -0.05) is 75.7 Å². The van der Waals surface area contributed by atoms with Gasteiger partial charge < -0.3 is 14.8 Å². The third-order valence-electron chi connectivity index (χ3n) is 5.41. The molecule has 1 aromatic heterocycles. The Morgan fingerprint density at radius 1 is 1.00 bits per heavy atom. The number of halogens is 1. The van der Waals surface area contributed by atoms with Gasteiger partial charge in [0.15, 0.2) is 11.5 Å². The zero-order valence-corrected chi connectivity index (χ0v) is 22.9. The maximum Gasteiger partial charge on any atom is 0.214 e. The number of rotatable bonds is 13. The summed E-state index contributed by atoms with van der Waals surface area (Å²) in [6, 6.07) is 22.3. The molecule has 3 aromatic carbocycles. The molecule has 0 amide bonds. The van der Waals surface area contributed by atoms with Crippen LogP contribution in [0.4, 0.5) is 0 Å². The van der Waals surface area contributed by atoms with Crippen molar-refractivity contribution in [2.75, 3.05) is 18.9 Å². The molecule has 1 heterocycles. The largest absolute Gasteiger partial charge is 0.490 e. The highest BCUT2D eigenvalue weighted by Gasteiger charge is 2.12. The second-order valence-electron chi connectivity index (χ2n) is 8.19. The quantitative estimate of drug-likeness (QED) is 0.157. The predicted octanol–water partition coefficient (Wildman–Crippen LogP) is 5.98. The molecule has 4 rings (SSSR count). The standard InChI is InChI=1S/C27H30BrN5O2S/c1-3-34-25-16-22(24(28)17-26(25)35-19-21-12-10-20(2)11-13-21)18-29-14-7-15-36-27-30-31-32-33(27)23-8-5-4-6-9-23/h4-6,8-13,16-17,29H,3,7,14-15,18-19H2,1-2H3. The van der Waals surface area contributed by atoms with E-state index >= 15 is 0 Å². The summed E-state index contributed by atoms with van der Waals surface area (Å²) in [5, 5.41) is 16.4. The topological polar surface area (TPSA) is 74.1 Å². The van der Waals surface area contributed by atoms with Gasteiger partial charge in [-0.3, -0.25) is 0 Å². The van der Waals surface area contributed by atoms with E-state index in [1.165, 1.54) is 5.56 Å². The summed E-state index contributed by atoms with van der Waals surface area (Å²) in [5.41, 5.74) is 4.45. The number of hydrogen-bond donors (Lipinski definition) is 1. The summed E-state index contributed by atoms with van der Waals surface area (Å²) in [6.07, 6.45) is 0.986. The fraction of sp³-hybridized carbons (Fsp3) is 0.296. The molecule has 0 aliphatic heterocycles. The normalized spacial score (nSPS) is 11.0. The summed E-state index contributed by atoms with van der Waals surface area (Å²) in [5.74, 6) is 2.41. The molecule has 0 aliphatic carbocycles. The lowest BCUT2D eigenvalue weighted by Gasteiger charge is -2.15. The highest BCUT2D eigenvalue weighted by molar-refractivity contribution is 9.10. The molecular weight excluding hydrogens is 538 g/mol.